The minimum Gasteiger partial charge on any atom is -0.395 e. The van der Waals surface area contributed by atoms with Gasteiger partial charge in [-0.25, -0.2) is 0 Å². The highest BCUT2D eigenvalue weighted by molar-refractivity contribution is 5.81. The fourth-order valence-corrected chi connectivity index (χ4v) is 2.47. The van der Waals surface area contributed by atoms with Crippen LogP contribution in [0.3, 0.4) is 0 Å². The first-order valence-electron chi connectivity index (χ1n) is 6.52. The summed E-state index contributed by atoms with van der Waals surface area (Å²) in [6.07, 6.45) is 2.75. The maximum Gasteiger partial charge on any atom is 0.137 e. The summed E-state index contributed by atoms with van der Waals surface area (Å²) >= 11 is 0. The predicted octanol–water partition coefficient (Wildman–Crippen LogP) is 0.932. The molecule has 0 aromatic carbocycles. The molecule has 0 aliphatic heterocycles. The van der Waals surface area contributed by atoms with E-state index < -0.39 is 0 Å². The van der Waals surface area contributed by atoms with Gasteiger partial charge in [0.1, 0.15) is 5.78 Å². The third kappa shape index (κ3) is 5.15. The first-order chi connectivity index (χ1) is 8.17. The summed E-state index contributed by atoms with van der Waals surface area (Å²) in [5, 5.41) is 9.02. The maximum atomic E-state index is 11.8. The summed E-state index contributed by atoms with van der Waals surface area (Å²) in [4.78, 5) is 14.0. The Morgan fingerprint density at radius 1 is 1.47 bits per heavy atom. The zero-order valence-electron chi connectivity index (χ0n) is 11.0. The van der Waals surface area contributed by atoms with Crippen molar-refractivity contribution in [3.63, 3.8) is 0 Å². The van der Waals surface area contributed by atoms with Crippen molar-refractivity contribution in [3.8, 4) is 0 Å². The number of hydrogen-bond donors (Lipinski definition) is 1. The second-order valence-corrected chi connectivity index (χ2v) is 5.06. The molecule has 17 heavy (non-hydrogen) atoms. The second-order valence-electron chi connectivity index (χ2n) is 5.06. The molecule has 1 aliphatic rings. The van der Waals surface area contributed by atoms with E-state index in [1.54, 1.807) is 7.11 Å². The largest absolute Gasteiger partial charge is 0.395 e. The van der Waals surface area contributed by atoms with E-state index in [0.29, 0.717) is 24.9 Å². The molecule has 2 unspecified atom stereocenters. The van der Waals surface area contributed by atoms with Gasteiger partial charge in [-0.15, -0.1) is 0 Å². The average molecular weight is 243 g/mol. The zero-order valence-corrected chi connectivity index (χ0v) is 11.0. The number of nitrogens with zero attached hydrogens (tertiary/aromatic N) is 1. The Morgan fingerprint density at radius 2 is 2.24 bits per heavy atom. The lowest BCUT2D eigenvalue weighted by Gasteiger charge is -2.30. The Kier molecular flexibility index (Phi) is 6.70. The molecule has 1 N–H and O–H groups in total. The van der Waals surface area contributed by atoms with Crippen molar-refractivity contribution in [2.75, 3.05) is 40.0 Å². The first-order valence-corrected chi connectivity index (χ1v) is 6.52. The van der Waals surface area contributed by atoms with Crippen molar-refractivity contribution in [1.29, 1.82) is 0 Å². The van der Waals surface area contributed by atoms with Crippen molar-refractivity contribution in [2.24, 2.45) is 11.8 Å². The maximum absolute atomic E-state index is 11.8. The number of ether oxygens (including phenoxy) is 1. The Labute approximate surface area is 104 Å². The van der Waals surface area contributed by atoms with Gasteiger partial charge in [-0.1, -0.05) is 6.92 Å². The van der Waals surface area contributed by atoms with E-state index in [2.05, 4.69) is 11.8 Å². The molecule has 0 radical (unpaired) electrons. The smallest absolute Gasteiger partial charge is 0.137 e. The number of rotatable bonds is 7. The molecule has 0 aromatic heterocycles. The topological polar surface area (TPSA) is 49.8 Å². The predicted molar refractivity (Wildman–Crippen MR) is 66.9 cm³/mol. The van der Waals surface area contributed by atoms with Crippen LogP contribution in [0.2, 0.25) is 0 Å². The van der Waals surface area contributed by atoms with Crippen LogP contribution in [-0.2, 0) is 9.53 Å². The number of hydrogen-bond acceptors (Lipinski definition) is 4. The standard InChI is InChI=1S/C13H25NO3/c1-11-3-4-13(16)12(9-11)10-14(5-7-15)6-8-17-2/h11-12,15H,3-10H2,1-2H3. The van der Waals surface area contributed by atoms with E-state index in [-0.39, 0.29) is 12.5 Å². The lowest BCUT2D eigenvalue weighted by Crippen LogP contribution is -2.39. The van der Waals surface area contributed by atoms with Gasteiger partial charge in [0.15, 0.2) is 0 Å². The highest BCUT2D eigenvalue weighted by atomic mass is 16.5. The number of ketones is 1. The molecule has 100 valence electrons. The Morgan fingerprint density at radius 3 is 2.88 bits per heavy atom. The SMILES string of the molecule is COCCN(CCO)CC1CC(C)CCC1=O. The Hall–Kier alpha value is -0.450. The molecular formula is C13H25NO3. The van der Waals surface area contributed by atoms with Crippen LogP contribution in [-0.4, -0.2) is 55.7 Å². The summed E-state index contributed by atoms with van der Waals surface area (Å²) in [5.41, 5.74) is 0. The lowest BCUT2D eigenvalue weighted by molar-refractivity contribution is -0.126. The van der Waals surface area contributed by atoms with Crippen LogP contribution < -0.4 is 0 Å². The number of Topliss-reactive ketones (excluding diaryl/α,β-unsaturated/α-hetero) is 1. The van der Waals surface area contributed by atoms with Gasteiger partial charge in [-0.3, -0.25) is 9.69 Å². The molecule has 0 amide bonds. The molecule has 4 heteroatoms. The number of carbonyl (C=O) groups is 1. The van der Waals surface area contributed by atoms with Crippen LogP contribution in [0.15, 0.2) is 0 Å². The van der Waals surface area contributed by atoms with Crippen LogP contribution in [0.4, 0.5) is 0 Å². The Balaban J connectivity index is 2.43. The van der Waals surface area contributed by atoms with Crippen molar-refractivity contribution < 1.29 is 14.6 Å². The fraction of sp³-hybridized carbons (Fsp3) is 0.923. The fourth-order valence-electron chi connectivity index (χ4n) is 2.47. The van der Waals surface area contributed by atoms with Gasteiger partial charge < -0.3 is 9.84 Å². The summed E-state index contributed by atoms with van der Waals surface area (Å²) < 4.78 is 5.05. The number of aliphatic hydroxyl groups is 1. The molecular weight excluding hydrogens is 218 g/mol. The van der Waals surface area contributed by atoms with Gasteiger partial charge in [0.2, 0.25) is 0 Å². The van der Waals surface area contributed by atoms with Crippen LogP contribution in [0, 0.1) is 11.8 Å². The molecule has 0 heterocycles. The van der Waals surface area contributed by atoms with Crippen LogP contribution in [0.5, 0.6) is 0 Å². The third-order valence-corrected chi connectivity index (χ3v) is 3.53. The highest BCUT2D eigenvalue weighted by Crippen LogP contribution is 2.26. The van der Waals surface area contributed by atoms with E-state index >= 15 is 0 Å². The molecule has 0 spiro atoms. The van der Waals surface area contributed by atoms with Crippen LogP contribution >= 0.6 is 0 Å². The summed E-state index contributed by atoms with van der Waals surface area (Å²) in [5.74, 6) is 1.20. The average Bonchev–Trinajstić information content (AvgIpc) is 2.31. The van der Waals surface area contributed by atoms with Gasteiger partial charge >= 0.3 is 0 Å². The van der Waals surface area contributed by atoms with Crippen molar-refractivity contribution in [3.05, 3.63) is 0 Å². The van der Waals surface area contributed by atoms with E-state index in [0.717, 1.165) is 32.4 Å². The van der Waals surface area contributed by atoms with Gasteiger partial charge in [0, 0.05) is 39.1 Å². The molecule has 0 saturated heterocycles. The molecule has 2 atom stereocenters. The van der Waals surface area contributed by atoms with E-state index in [1.165, 1.54) is 0 Å². The number of aliphatic hydroxyl groups excluding tert-OH is 1. The highest BCUT2D eigenvalue weighted by Gasteiger charge is 2.27. The lowest BCUT2D eigenvalue weighted by atomic mass is 9.81. The van der Waals surface area contributed by atoms with Gasteiger partial charge in [0.05, 0.1) is 13.2 Å². The van der Waals surface area contributed by atoms with E-state index in [9.17, 15) is 4.79 Å². The second kappa shape index (κ2) is 7.80. The van der Waals surface area contributed by atoms with E-state index in [1.807, 2.05) is 0 Å². The molecule has 1 fully saturated rings. The van der Waals surface area contributed by atoms with Crippen LogP contribution in [0.1, 0.15) is 26.2 Å². The molecule has 1 saturated carbocycles. The van der Waals surface area contributed by atoms with Crippen molar-refractivity contribution >= 4 is 5.78 Å². The molecule has 4 nitrogen and oxygen atoms in total. The van der Waals surface area contributed by atoms with Gasteiger partial charge in [0.25, 0.3) is 0 Å². The summed E-state index contributed by atoms with van der Waals surface area (Å²) in [6, 6.07) is 0. The summed E-state index contributed by atoms with van der Waals surface area (Å²) in [7, 11) is 1.67. The molecule has 0 bridgehead atoms. The number of methoxy groups -OCH3 is 1. The van der Waals surface area contributed by atoms with Crippen molar-refractivity contribution in [2.45, 2.75) is 26.2 Å². The van der Waals surface area contributed by atoms with E-state index in [4.69, 9.17) is 9.84 Å². The zero-order chi connectivity index (χ0) is 12.7. The molecule has 0 aromatic rings. The van der Waals surface area contributed by atoms with Crippen LogP contribution in [0.25, 0.3) is 0 Å². The Bertz CT molecular complexity index is 233. The van der Waals surface area contributed by atoms with Gasteiger partial charge in [-0.2, -0.15) is 0 Å². The number of carbonyl (C=O) groups excluding carboxylic acids is 1. The van der Waals surface area contributed by atoms with Gasteiger partial charge in [-0.05, 0) is 18.8 Å². The minimum absolute atomic E-state index is 0.139. The normalized spacial score (nSPS) is 25.5. The summed E-state index contributed by atoms with van der Waals surface area (Å²) in [6.45, 7) is 5.19. The minimum atomic E-state index is 0.139. The quantitative estimate of drug-likeness (QED) is 0.723. The molecule has 1 rings (SSSR count). The first kappa shape index (κ1) is 14.6. The van der Waals surface area contributed by atoms with Crippen molar-refractivity contribution in [1.82, 2.24) is 4.90 Å². The molecule has 1 aliphatic carbocycles. The monoisotopic (exact) mass is 243 g/mol. The third-order valence-electron chi connectivity index (χ3n) is 3.53.